The average Bonchev–Trinajstić information content (AvgIpc) is 2.97. The third-order valence-corrected chi connectivity index (χ3v) is 5.91. The molecule has 0 saturated carbocycles. The molecule has 8 heteroatoms. The summed E-state index contributed by atoms with van der Waals surface area (Å²) in [6.45, 7) is 2.22. The highest BCUT2D eigenvalue weighted by molar-refractivity contribution is 7.90. The molecule has 0 saturated heterocycles. The Labute approximate surface area is 143 Å². The number of carbonyl (C=O) groups excluding carboxylic acids is 1. The summed E-state index contributed by atoms with van der Waals surface area (Å²) in [6.07, 6.45) is 0.913. The van der Waals surface area contributed by atoms with Crippen molar-refractivity contribution in [2.24, 2.45) is 0 Å². The number of rotatable bonds is 2. The summed E-state index contributed by atoms with van der Waals surface area (Å²) in [7, 11) is -3.33. The first-order valence-electron chi connectivity index (χ1n) is 6.83. The number of fused-ring (bicyclic) bond motifs is 1. The molecule has 1 aliphatic rings. The molecule has 0 spiro atoms. The average molecular weight is 372 g/mol. The number of thiophene rings is 1. The molecule has 0 radical (unpaired) electrons. The lowest BCUT2D eigenvalue weighted by molar-refractivity contribution is 0.0965. The molecule has 0 aliphatic carbocycles. The van der Waals surface area contributed by atoms with E-state index in [1.54, 1.807) is 23.1 Å². The fourth-order valence-electron chi connectivity index (χ4n) is 2.37. The first-order valence-corrected chi connectivity index (χ1v) is 9.98. The Balaban J connectivity index is 2.01. The number of hydrogen-bond donors (Lipinski definition) is 0. The summed E-state index contributed by atoms with van der Waals surface area (Å²) in [5.41, 5.74) is 0.593. The lowest BCUT2D eigenvalue weighted by atomic mass is 10.2. The molecule has 2 heterocycles. The lowest BCUT2D eigenvalue weighted by Gasteiger charge is -2.33. The summed E-state index contributed by atoms with van der Waals surface area (Å²) in [6, 6.07) is 6.62. The maximum atomic E-state index is 12.8. The highest BCUT2D eigenvalue weighted by atomic mass is 35.5. The Kier molecular flexibility index (Phi) is 4.12. The Morgan fingerprint density at radius 1 is 1.43 bits per heavy atom. The number of benzene rings is 1. The van der Waals surface area contributed by atoms with Crippen molar-refractivity contribution in [3.8, 4) is 5.75 Å². The number of hydrogen-bond acceptors (Lipinski definition) is 5. The molecule has 1 aromatic carbocycles. The highest BCUT2D eigenvalue weighted by Gasteiger charge is 2.30. The zero-order chi connectivity index (χ0) is 16.8. The van der Waals surface area contributed by atoms with E-state index >= 15 is 0 Å². The van der Waals surface area contributed by atoms with Crippen LogP contribution < -0.4 is 9.64 Å². The topological polar surface area (TPSA) is 63.7 Å². The van der Waals surface area contributed by atoms with Crippen LogP contribution in [0.3, 0.4) is 0 Å². The molecule has 2 aromatic rings. The second kappa shape index (κ2) is 5.81. The molecule has 1 unspecified atom stereocenters. The molecule has 0 fully saturated rings. The van der Waals surface area contributed by atoms with Gasteiger partial charge in [0.15, 0.2) is 15.6 Å². The number of amides is 1. The monoisotopic (exact) mass is 371 g/mol. The second-order valence-electron chi connectivity index (χ2n) is 5.35. The van der Waals surface area contributed by atoms with Crippen molar-refractivity contribution < 1.29 is 17.9 Å². The molecule has 0 bridgehead atoms. The number of sulfone groups is 1. The summed E-state index contributed by atoms with van der Waals surface area (Å²) in [4.78, 5) is 14.9. The minimum Gasteiger partial charge on any atom is -0.485 e. The van der Waals surface area contributed by atoms with Crippen LogP contribution in [0.2, 0.25) is 5.02 Å². The zero-order valence-electron chi connectivity index (χ0n) is 12.4. The number of ether oxygens (including phenoxy) is 1. The predicted octanol–water partition coefficient (Wildman–Crippen LogP) is 3.23. The maximum absolute atomic E-state index is 12.8. The van der Waals surface area contributed by atoms with E-state index in [2.05, 4.69) is 0 Å². The minimum atomic E-state index is -3.33. The third-order valence-electron chi connectivity index (χ3n) is 3.46. The fraction of sp³-hybridized carbons (Fsp3) is 0.267. The maximum Gasteiger partial charge on any atom is 0.268 e. The minimum absolute atomic E-state index is 0.151. The fourth-order valence-corrected chi connectivity index (χ4v) is 4.55. The quantitative estimate of drug-likeness (QED) is 0.813. The van der Waals surface area contributed by atoms with Gasteiger partial charge in [-0.3, -0.25) is 4.79 Å². The predicted molar refractivity (Wildman–Crippen MR) is 90.6 cm³/mol. The van der Waals surface area contributed by atoms with E-state index in [1.165, 1.54) is 11.4 Å². The molecule has 5 nitrogen and oxygen atoms in total. The van der Waals surface area contributed by atoms with Crippen LogP contribution in [-0.2, 0) is 9.84 Å². The first-order chi connectivity index (χ1) is 10.8. The number of carbonyl (C=O) groups is 1. The van der Waals surface area contributed by atoms with Gasteiger partial charge in [0.2, 0.25) is 0 Å². The van der Waals surface area contributed by atoms with Crippen LogP contribution in [0.1, 0.15) is 16.6 Å². The van der Waals surface area contributed by atoms with E-state index in [-0.39, 0.29) is 16.9 Å². The van der Waals surface area contributed by atoms with Crippen LogP contribution >= 0.6 is 22.9 Å². The number of para-hydroxylation sites is 1. The van der Waals surface area contributed by atoms with E-state index < -0.39 is 9.84 Å². The standard InChI is InChI=1S/C15H14ClNO4S2/c1-9-7-17(12-5-3-4-11(16)14(12)21-9)15(18)13-6-10(8-22-13)23(2,19)20/h3-6,8-9H,7H2,1-2H3. The Morgan fingerprint density at radius 2 is 2.17 bits per heavy atom. The van der Waals surface area contributed by atoms with Gasteiger partial charge >= 0.3 is 0 Å². The van der Waals surface area contributed by atoms with E-state index in [9.17, 15) is 13.2 Å². The van der Waals surface area contributed by atoms with Crippen LogP contribution in [0, 0.1) is 0 Å². The summed E-state index contributed by atoms with van der Waals surface area (Å²) in [5.74, 6) is 0.213. The third kappa shape index (κ3) is 3.08. The Bertz CT molecular complexity index is 875. The van der Waals surface area contributed by atoms with Crippen molar-refractivity contribution in [2.45, 2.75) is 17.9 Å². The number of anilines is 1. The van der Waals surface area contributed by atoms with E-state index in [0.717, 1.165) is 17.6 Å². The van der Waals surface area contributed by atoms with Gasteiger partial charge in [-0.25, -0.2) is 8.42 Å². The normalized spacial score (nSPS) is 17.5. The molecular formula is C15H14ClNO4S2. The number of halogens is 1. The van der Waals surface area contributed by atoms with E-state index in [4.69, 9.17) is 16.3 Å². The van der Waals surface area contributed by atoms with Crippen LogP contribution in [0.5, 0.6) is 5.75 Å². The zero-order valence-corrected chi connectivity index (χ0v) is 14.8. The molecule has 1 atom stereocenters. The summed E-state index contributed by atoms with van der Waals surface area (Å²) < 4.78 is 28.9. The van der Waals surface area contributed by atoms with E-state index in [1.807, 2.05) is 6.92 Å². The van der Waals surface area contributed by atoms with Crippen molar-refractivity contribution in [2.75, 3.05) is 17.7 Å². The smallest absolute Gasteiger partial charge is 0.268 e. The molecule has 23 heavy (non-hydrogen) atoms. The SMILES string of the molecule is CC1CN(C(=O)c2cc(S(C)(=O)=O)cs2)c2cccc(Cl)c2O1. The Morgan fingerprint density at radius 3 is 2.83 bits per heavy atom. The molecule has 1 aliphatic heterocycles. The molecule has 1 aromatic heterocycles. The molecule has 122 valence electrons. The van der Waals surface area contributed by atoms with Gasteiger partial charge < -0.3 is 9.64 Å². The largest absolute Gasteiger partial charge is 0.485 e. The van der Waals surface area contributed by atoms with Crippen molar-refractivity contribution >= 4 is 44.4 Å². The number of nitrogens with zero attached hydrogens (tertiary/aromatic N) is 1. The van der Waals surface area contributed by atoms with Crippen LogP contribution in [-0.4, -0.2) is 33.2 Å². The molecule has 1 amide bonds. The van der Waals surface area contributed by atoms with Gasteiger partial charge in [0, 0.05) is 11.6 Å². The Hall–Kier alpha value is -1.57. The first kappa shape index (κ1) is 16.3. The van der Waals surface area contributed by atoms with Crippen LogP contribution in [0.4, 0.5) is 5.69 Å². The van der Waals surface area contributed by atoms with Crippen molar-refractivity contribution in [3.05, 3.63) is 39.5 Å². The van der Waals surface area contributed by atoms with Gasteiger partial charge in [0.25, 0.3) is 5.91 Å². The molecule has 0 N–H and O–H groups in total. The van der Waals surface area contributed by atoms with Gasteiger partial charge in [-0.1, -0.05) is 17.7 Å². The highest BCUT2D eigenvalue weighted by Crippen LogP contribution is 2.40. The second-order valence-corrected chi connectivity index (χ2v) is 8.69. The van der Waals surface area contributed by atoms with Crippen LogP contribution in [0.25, 0.3) is 0 Å². The van der Waals surface area contributed by atoms with Gasteiger partial charge in [0.05, 0.1) is 27.0 Å². The summed E-state index contributed by atoms with van der Waals surface area (Å²) >= 11 is 7.26. The van der Waals surface area contributed by atoms with Crippen molar-refractivity contribution in [1.82, 2.24) is 0 Å². The van der Waals surface area contributed by atoms with E-state index in [0.29, 0.717) is 27.9 Å². The molecular weight excluding hydrogens is 358 g/mol. The van der Waals surface area contributed by atoms with Crippen molar-refractivity contribution in [3.63, 3.8) is 0 Å². The van der Waals surface area contributed by atoms with Crippen LogP contribution in [0.15, 0.2) is 34.5 Å². The molecule has 3 rings (SSSR count). The van der Waals surface area contributed by atoms with Gasteiger partial charge in [0.1, 0.15) is 6.10 Å². The van der Waals surface area contributed by atoms with Gasteiger partial charge in [-0.2, -0.15) is 0 Å². The summed E-state index contributed by atoms with van der Waals surface area (Å²) in [5, 5.41) is 1.92. The lowest BCUT2D eigenvalue weighted by Crippen LogP contribution is -2.42. The van der Waals surface area contributed by atoms with Gasteiger partial charge in [-0.05, 0) is 25.1 Å². The van der Waals surface area contributed by atoms with Gasteiger partial charge in [-0.15, -0.1) is 11.3 Å². The van der Waals surface area contributed by atoms with Crippen molar-refractivity contribution in [1.29, 1.82) is 0 Å².